The Morgan fingerprint density at radius 1 is 0.906 bits per heavy atom. The van der Waals surface area contributed by atoms with E-state index >= 15 is 0 Å². The van der Waals surface area contributed by atoms with Gasteiger partial charge in [-0.25, -0.2) is 9.97 Å². The topological polar surface area (TPSA) is 168 Å². The molecule has 1 aromatic carbocycles. The van der Waals surface area contributed by atoms with Gasteiger partial charge in [0.1, 0.15) is 6.04 Å². The number of aromatic nitrogens is 2. The number of benzene rings is 1. The van der Waals surface area contributed by atoms with Crippen LogP contribution in [0.15, 0.2) is 42.9 Å². The number of nitrogens with zero attached hydrogens (tertiary/aromatic N) is 6. The molecule has 3 N–H and O–H groups in total. The second-order valence-corrected chi connectivity index (χ2v) is 16.5. The van der Waals surface area contributed by atoms with Gasteiger partial charge in [-0.3, -0.25) is 39.1 Å². The molecule has 14 heteroatoms. The number of aliphatic hydroxyl groups is 1. The van der Waals surface area contributed by atoms with E-state index in [-0.39, 0.29) is 47.3 Å². The average molecular weight is 729 g/mol. The molecule has 5 aliphatic rings. The predicted octanol–water partition coefficient (Wildman–Crippen LogP) is 3.55. The molecule has 3 saturated heterocycles. The lowest BCUT2D eigenvalue weighted by Gasteiger charge is -2.57. The van der Waals surface area contributed by atoms with Crippen LogP contribution >= 0.6 is 0 Å². The molecular weight excluding hydrogens is 676 g/mol. The Morgan fingerprint density at radius 2 is 1.51 bits per heavy atom. The quantitative estimate of drug-likeness (QED) is 0.282. The van der Waals surface area contributed by atoms with Crippen molar-refractivity contribution in [2.45, 2.75) is 78.8 Å². The van der Waals surface area contributed by atoms with Crippen LogP contribution in [0.4, 0.5) is 11.6 Å². The highest BCUT2D eigenvalue weighted by Crippen LogP contribution is 2.53. The van der Waals surface area contributed by atoms with Crippen LogP contribution in [0.1, 0.15) is 97.8 Å². The number of hydrogen-bond donors (Lipinski definition) is 3. The van der Waals surface area contributed by atoms with Gasteiger partial charge >= 0.3 is 0 Å². The molecule has 4 fully saturated rings. The fourth-order valence-electron chi connectivity index (χ4n) is 9.04. The highest BCUT2D eigenvalue weighted by molar-refractivity contribution is 6.23. The van der Waals surface area contributed by atoms with E-state index in [1.807, 2.05) is 6.07 Å². The maximum Gasteiger partial charge on any atom is 0.262 e. The van der Waals surface area contributed by atoms with Crippen LogP contribution in [0, 0.1) is 16.7 Å². The summed E-state index contributed by atoms with van der Waals surface area (Å²) in [4.78, 5) is 80.3. The van der Waals surface area contributed by atoms with Gasteiger partial charge in [0.2, 0.25) is 17.8 Å². The molecule has 53 heavy (non-hydrogen) atoms. The zero-order valence-corrected chi connectivity index (χ0v) is 31.5. The van der Waals surface area contributed by atoms with E-state index in [0.717, 1.165) is 75.7 Å². The second kappa shape index (κ2) is 14.9. The van der Waals surface area contributed by atoms with Crippen molar-refractivity contribution in [2.24, 2.45) is 16.7 Å². The molecule has 7 rings (SSSR count). The molecule has 1 atom stereocenters. The number of aliphatic hydroxyl groups excluding tert-OH is 1. The third kappa shape index (κ3) is 8.07. The van der Waals surface area contributed by atoms with Crippen LogP contribution < -0.4 is 20.4 Å². The molecule has 1 saturated carbocycles. The first-order valence-electron chi connectivity index (χ1n) is 18.6. The number of amides is 5. The summed E-state index contributed by atoms with van der Waals surface area (Å²) in [5.41, 5.74) is 2.14. The van der Waals surface area contributed by atoms with Crippen molar-refractivity contribution in [1.82, 2.24) is 30.4 Å². The first kappa shape index (κ1) is 37.9. The Bertz CT molecular complexity index is 1760. The molecule has 284 valence electrons. The average Bonchev–Trinajstić information content (AvgIpc) is 3.35. The number of piperidine rings is 2. The molecule has 14 nitrogen and oxygen atoms in total. The van der Waals surface area contributed by atoms with E-state index in [0.29, 0.717) is 28.6 Å². The number of hydrogen-bond acceptors (Lipinski definition) is 11. The molecule has 2 aromatic rings. The number of piperazine rings is 1. The van der Waals surface area contributed by atoms with Crippen molar-refractivity contribution in [3.8, 4) is 0 Å². The molecule has 1 unspecified atom stereocenters. The summed E-state index contributed by atoms with van der Waals surface area (Å²) in [6.45, 7) is 19.6. The number of rotatable bonds is 7. The van der Waals surface area contributed by atoms with Gasteiger partial charge in [0, 0.05) is 76.4 Å². The Kier molecular flexibility index (Phi) is 10.6. The van der Waals surface area contributed by atoms with Crippen LogP contribution in [0.25, 0.3) is 0 Å². The normalized spacial score (nSPS) is 23.1. The minimum Gasteiger partial charge on any atom is -0.513 e. The molecule has 0 spiro atoms. The minimum atomic E-state index is -0.965. The van der Waals surface area contributed by atoms with E-state index in [2.05, 4.69) is 69.6 Å². The lowest BCUT2D eigenvalue weighted by molar-refractivity contribution is -0.136. The Balaban J connectivity index is 0.00000114. The lowest BCUT2D eigenvalue weighted by Crippen LogP contribution is -2.63. The van der Waals surface area contributed by atoms with Gasteiger partial charge in [-0.15, -0.1) is 0 Å². The largest absolute Gasteiger partial charge is 0.513 e. The minimum absolute atomic E-state index is 0.0788. The summed E-state index contributed by atoms with van der Waals surface area (Å²) in [5.74, 6) is -0.667. The zero-order valence-electron chi connectivity index (χ0n) is 31.5. The second-order valence-electron chi connectivity index (χ2n) is 16.5. The molecule has 1 aliphatic carbocycles. The van der Waals surface area contributed by atoms with Gasteiger partial charge in [-0.05, 0) is 67.6 Å². The number of carbonyl (C=O) groups excluding carboxylic acids is 5. The molecule has 4 aliphatic heterocycles. The van der Waals surface area contributed by atoms with Gasteiger partial charge in [-0.1, -0.05) is 34.3 Å². The highest BCUT2D eigenvalue weighted by atomic mass is 16.3. The molecule has 0 radical (unpaired) electrons. The summed E-state index contributed by atoms with van der Waals surface area (Å²) in [6, 6.07) is 4.47. The van der Waals surface area contributed by atoms with E-state index in [1.54, 1.807) is 24.5 Å². The van der Waals surface area contributed by atoms with Crippen molar-refractivity contribution in [3.05, 3.63) is 59.6 Å². The number of allylic oxidation sites excluding steroid dienone is 1. The van der Waals surface area contributed by atoms with E-state index in [4.69, 9.17) is 5.11 Å². The molecule has 1 aromatic heterocycles. The summed E-state index contributed by atoms with van der Waals surface area (Å²) in [7, 11) is 0. The van der Waals surface area contributed by atoms with Crippen molar-refractivity contribution in [3.63, 3.8) is 0 Å². The fourth-order valence-corrected chi connectivity index (χ4v) is 9.04. The van der Waals surface area contributed by atoms with Crippen LogP contribution in [-0.4, -0.2) is 112 Å². The maximum atomic E-state index is 13.3. The van der Waals surface area contributed by atoms with E-state index in [9.17, 15) is 24.0 Å². The predicted molar refractivity (Wildman–Crippen MR) is 200 cm³/mol. The van der Waals surface area contributed by atoms with Crippen molar-refractivity contribution < 1.29 is 29.1 Å². The third-order valence-electron chi connectivity index (χ3n) is 11.2. The zero-order chi connectivity index (χ0) is 38.2. The molecular formula is C39H52N8O6. The van der Waals surface area contributed by atoms with E-state index in [1.165, 1.54) is 6.92 Å². The van der Waals surface area contributed by atoms with Crippen molar-refractivity contribution >= 4 is 41.2 Å². The molecule has 0 bridgehead atoms. The Morgan fingerprint density at radius 3 is 2.09 bits per heavy atom. The SMILES string of the molecule is C=C(C)O.CC1(C)CC(C)(C)C1NC(=O)c1cnc(N2CCC(CN3CCN(c4ccc5c(c4)C(=O)N(C4CCC(=O)NC4=O)C5=O)CC3)CC2)nc1. The number of imide groups is 2. The number of fused-ring (bicyclic) bond motifs is 1. The summed E-state index contributed by atoms with van der Waals surface area (Å²) in [6.07, 6.45) is 6.69. The Labute approximate surface area is 311 Å². The smallest absolute Gasteiger partial charge is 0.262 e. The lowest BCUT2D eigenvalue weighted by atomic mass is 9.52. The highest BCUT2D eigenvalue weighted by Gasteiger charge is 2.53. The third-order valence-corrected chi connectivity index (χ3v) is 11.2. The van der Waals surface area contributed by atoms with Gasteiger partial charge in [0.25, 0.3) is 17.7 Å². The summed E-state index contributed by atoms with van der Waals surface area (Å²) >= 11 is 0. The number of anilines is 2. The molecule has 5 amide bonds. The van der Waals surface area contributed by atoms with Crippen LogP contribution in [0.3, 0.4) is 0 Å². The fraction of sp³-hybridized carbons (Fsp3) is 0.564. The standard InChI is InChI=1S/C36H46N8O5.C3H6O/c1-35(2)21-36(3,4)33(35)40-29(46)23-18-37-34(38-19-23)43-11-9-22(10-12-43)20-41-13-15-42(16-14-41)24-5-6-25-26(17-24)32(49)44(31(25)48)27-7-8-28(45)39-30(27)47;1-3(2)4/h5-6,17-19,22,27,33H,7-16,20-21H2,1-4H3,(H,40,46)(H,39,45,47);4H,1H2,2H3. The first-order chi connectivity index (χ1) is 25.0. The monoisotopic (exact) mass is 728 g/mol. The Hall–Kier alpha value is -4.85. The van der Waals surface area contributed by atoms with Gasteiger partial charge in [0.05, 0.1) is 22.4 Å². The van der Waals surface area contributed by atoms with Gasteiger partial charge in [-0.2, -0.15) is 0 Å². The van der Waals surface area contributed by atoms with Gasteiger partial charge in [0.15, 0.2) is 0 Å². The maximum absolute atomic E-state index is 13.3. The summed E-state index contributed by atoms with van der Waals surface area (Å²) in [5, 5.41) is 13.3. The number of nitrogens with one attached hydrogen (secondary N) is 2. The van der Waals surface area contributed by atoms with E-state index < -0.39 is 23.8 Å². The van der Waals surface area contributed by atoms with Crippen molar-refractivity contribution in [1.29, 1.82) is 0 Å². The van der Waals surface area contributed by atoms with Crippen molar-refractivity contribution in [2.75, 3.05) is 55.6 Å². The molecule has 5 heterocycles. The van der Waals surface area contributed by atoms with Gasteiger partial charge < -0.3 is 20.2 Å². The summed E-state index contributed by atoms with van der Waals surface area (Å²) < 4.78 is 0. The number of carbonyl (C=O) groups is 5. The van der Waals surface area contributed by atoms with Crippen LogP contribution in [0.5, 0.6) is 0 Å². The first-order valence-corrected chi connectivity index (χ1v) is 18.6. The van der Waals surface area contributed by atoms with Crippen LogP contribution in [0.2, 0.25) is 0 Å². The van der Waals surface area contributed by atoms with Crippen LogP contribution in [-0.2, 0) is 9.59 Å².